The molecular weight excluding hydrogens is 336 g/mol. The Labute approximate surface area is 166 Å². The van der Waals surface area contributed by atoms with Gasteiger partial charge in [-0.05, 0) is 113 Å². The van der Waals surface area contributed by atoms with Gasteiger partial charge in [-0.2, -0.15) is 0 Å². The summed E-state index contributed by atoms with van der Waals surface area (Å²) in [4.78, 5) is 0. The molecule has 0 heterocycles. The van der Waals surface area contributed by atoms with Crippen LogP contribution < -0.4 is 0 Å². The summed E-state index contributed by atoms with van der Waals surface area (Å²) in [5.74, 6) is 3.15. The zero-order valence-corrected chi connectivity index (χ0v) is 18.3. The van der Waals surface area contributed by atoms with Crippen molar-refractivity contribution in [2.24, 2.45) is 34.5 Å². The lowest BCUT2D eigenvalue weighted by molar-refractivity contribution is -0.161. The predicted octanol–water partition coefficient (Wildman–Crippen LogP) is 4.94. The molecule has 0 bridgehead atoms. The number of aliphatic hydroxyl groups is 2. The molecule has 0 aliphatic heterocycles. The fourth-order valence-electron chi connectivity index (χ4n) is 7.96. The van der Waals surface area contributed by atoms with Gasteiger partial charge < -0.3 is 14.9 Å². The first-order valence-corrected chi connectivity index (χ1v) is 11.5. The fraction of sp³-hybridized carbons (Fsp3) is 1.00. The Morgan fingerprint density at radius 2 is 1.59 bits per heavy atom. The maximum atomic E-state index is 10.6. The minimum absolute atomic E-state index is 0.287. The van der Waals surface area contributed by atoms with Crippen LogP contribution in [0.3, 0.4) is 0 Å². The topological polar surface area (TPSA) is 49.7 Å². The van der Waals surface area contributed by atoms with Crippen LogP contribution in [0, 0.1) is 34.5 Å². The largest absolute Gasteiger partial charge is 0.390 e. The average Bonchev–Trinajstić information content (AvgIpc) is 2.89. The third-order valence-electron chi connectivity index (χ3n) is 9.50. The lowest BCUT2D eigenvalue weighted by atomic mass is 9.44. The number of rotatable bonds is 3. The molecule has 8 unspecified atom stereocenters. The van der Waals surface area contributed by atoms with Gasteiger partial charge in [0.15, 0.2) is 0 Å². The van der Waals surface area contributed by atoms with Crippen LogP contribution in [0.2, 0.25) is 0 Å². The van der Waals surface area contributed by atoms with E-state index in [2.05, 4.69) is 20.8 Å². The highest BCUT2D eigenvalue weighted by Gasteiger charge is 2.61. The van der Waals surface area contributed by atoms with Gasteiger partial charge in [-0.3, -0.25) is 0 Å². The summed E-state index contributed by atoms with van der Waals surface area (Å²) in [6, 6.07) is 0. The van der Waals surface area contributed by atoms with Crippen LogP contribution in [0.5, 0.6) is 0 Å². The molecule has 27 heavy (non-hydrogen) atoms. The molecular formula is C24H42O3. The van der Waals surface area contributed by atoms with E-state index in [1.54, 1.807) is 0 Å². The van der Waals surface area contributed by atoms with Crippen LogP contribution in [-0.4, -0.2) is 34.1 Å². The molecule has 3 heteroatoms. The number of fused-ring (bicyclic) bond motifs is 5. The summed E-state index contributed by atoms with van der Waals surface area (Å²) < 4.78 is 6.30. The van der Waals surface area contributed by atoms with E-state index >= 15 is 0 Å². The number of hydrogen-bond donors (Lipinski definition) is 2. The Kier molecular flexibility index (Phi) is 4.81. The Bertz CT molecular complexity index is 564. The van der Waals surface area contributed by atoms with Crippen molar-refractivity contribution in [3.8, 4) is 0 Å². The zero-order valence-electron chi connectivity index (χ0n) is 18.3. The van der Waals surface area contributed by atoms with E-state index in [-0.39, 0.29) is 5.41 Å². The molecule has 8 atom stereocenters. The van der Waals surface area contributed by atoms with Gasteiger partial charge in [-0.25, -0.2) is 0 Å². The van der Waals surface area contributed by atoms with E-state index < -0.39 is 11.2 Å². The van der Waals surface area contributed by atoms with Gasteiger partial charge in [0.25, 0.3) is 0 Å². The molecule has 2 N–H and O–H groups in total. The molecule has 0 amide bonds. The van der Waals surface area contributed by atoms with Crippen LogP contribution >= 0.6 is 0 Å². The van der Waals surface area contributed by atoms with Crippen LogP contribution in [0.25, 0.3) is 0 Å². The molecule has 0 radical (unpaired) electrons. The van der Waals surface area contributed by atoms with Crippen molar-refractivity contribution in [1.82, 2.24) is 0 Å². The molecule has 4 aliphatic rings. The van der Waals surface area contributed by atoms with Crippen LogP contribution in [0.15, 0.2) is 0 Å². The highest BCUT2D eigenvalue weighted by Crippen LogP contribution is 2.67. The highest BCUT2D eigenvalue weighted by molar-refractivity contribution is 5.10. The number of ether oxygens (including phenoxy) is 1. The Hall–Kier alpha value is -0.120. The quantitative estimate of drug-likeness (QED) is 0.731. The molecule has 4 saturated carbocycles. The molecule has 4 rings (SSSR count). The van der Waals surface area contributed by atoms with Gasteiger partial charge in [0.1, 0.15) is 0 Å². The van der Waals surface area contributed by atoms with E-state index in [4.69, 9.17) is 4.74 Å². The minimum Gasteiger partial charge on any atom is -0.390 e. The lowest BCUT2D eigenvalue weighted by Crippen LogP contribution is -2.56. The van der Waals surface area contributed by atoms with Crippen molar-refractivity contribution in [1.29, 1.82) is 0 Å². The van der Waals surface area contributed by atoms with Crippen LogP contribution in [-0.2, 0) is 4.74 Å². The molecule has 4 fully saturated rings. The van der Waals surface area contributed by atoms with E-state index in [0.717, 1.165) is 37.0 Å². The van der Waals surface area contributed by atoms with Crippen molar-refractivity contribution in [2.75, 3.05) is 6.61 Å². The van der Waals surface area contributed by atoms with Gasteiger partial charge in [0.2, 0.25) is 0 Å². The van der Waals surface area contributed by atoms with Gasteiger partial charge in [0.05, 0.1) is 23.9 Å². The average molecular weight is 379 g/mol. The maximum absolute atomic E-state index is 10.6. The normalized spacial score (nSPS) is 52.8. The lowest BCUT2D eigenvalue weighted by Gasteiger charge is -2.61. The first-order valence-electron chi connectivity index (χ1n) is 11.5. The summed E-state index contributed by atoms with van der Waals surface area (Å²) in [6.07, 6.45) is 11.2. The van der Waals surface area contributed by atoms with Crippen molar-refractivity contribution in [2.45, 2.75) is 110 Å². The molecule has 0 aromatic heterocycles. The molecule has 156 valence electrons. The summed E-state index contributed by atoms with van der Waals surface area (Å²) >= 11 is 0. The van der Waals surface area contributed by atoms with Crippen molar-refractivity contribution in [3.05, 3.63) is 0 Å². The molecule has 0 aromatic carbocycles. The van der Waals surface area contributed by atoms with Crippen LogP contribution in [0.1, 0.15) is 92.4 Å². The third-order valence-corrected chi connectivity index (χ3v) is 9.50. The smallest absolute Gasteiger partial charge is 0.0824 e. The van der Waals surface area contributed by atoms with Gasteiger partial charge in [0, 0.05) is 0 Å². The second-order valence-electron chi connectivity index (χ2n) is 12.1. The summed E-state index contributed by atoms with van der Waals surface area (Å²) in [5, 5.41) is 20.7. The first-order chi connectivity index (χ1) is 12.4. The standard InChI is InChI=1S/C24H42O3/c1-21(2,25)15-27-20-9-8-18-17-7-6-16-14-22(3,26)12-13-23(16,4)19(17)10-11-24(18,20)5/h16-20,25-26H,6-15H2,1-5H3. The molecule has 0 aromatic rings. The Morgan fingerprint density at radius 1 is 0.889 bits per heavy atom. The third kappa shape index (κ3) is 3.40. The Balaban J connectivity index is 1.51. The second kappa shape index (κ2) is 6.44. The summed E-state index contributed by atoms with van der Waals surface area (Å²) in [5.41, 5.74) is -0.464. The van der Waals surface area contributed by atoms with Gasteiger partial charge in [-0.1, -0.05) is 13.8 Å². The molecule has 3 nitrogen and oxygen atoms in total. The fourth-order valence-corrected chi connectivity index (χ4v) is 7.96. The molecule has 0 spiro atoms. The van der Waals surface area contributed by atoms with Crippen LogP contribution in [0.4, 0.5) is 0 Å². The van der Waals surface area contributed by atoms with E-state index in [0.29, 0.717) is 24.0 Å². The molecule has 4 aliphatic carbocycles. The van der Waals surface area contributed by atoms with E-state index in [1.807, 2.05) is 13.8 Å². The highest BCUT2D eigenvalue weighted by atomic mass is 16.5. The molecule has 0 saturated heterocycles. The van der Waals surface area contributed by atoms with Crippen molar-refractivity contribution >= 4 is 0 Å². The van der Waals surface area contributed by atoms with Gasteiger partial charge in [-0.15, -0.1) is 0 Å². The number of hydrogen-bond acceptors (Lipinski definition) is 3. The van der Waals surface area contributed by atoms with Gasteiger partial charge >= 0.3 is 0 Å². The van der Waals surface area contributed by atoms with E-state index in [9.17, 15) is 10.2 Å². The summed E-state index contributed by atoms with van der Waals surface area (Å²) in [7, 11) is 0. The minimum atomic E-state index is -0.740. The first kappa shape index (κ1) is 20.2. The SMILES string of the molecule is CC(C)(O)COC1CCC2C3CCC4CC(C)(O)CCC4(C)C3CCC12C. The zero-order chi connectivity index (χ0) is 19.7. The van der Waals surface area contributed by atoms with E-state index in [1.165, 1.54) is 38.5 Å². The predicted molar refractivity (Wildman–Crippen MR) is 108 cm³/mol. The maximum Gasteiger partial charge on any atom is 0.0824 e. The van der Waals surface area contributed by atoms with Crippen molar-refractivity contribution < 1.29 is 14.9 Å². The monoisotopic (exact) mass is 378 g/mol. The Morgan fingerprint density at radius 3 is 2.30 bits per heavy atom. The summed E-state index contributed by atoms with van der Waals surface area (Å²) in [6.45, 7) is 11.2. The van der Waals surface area contributed by atoms with Crippen molar-refractivity contribution in [3.63, 3.8) is 0 Å². The second-order valence-corrected chi connectivity index (χ2v) is 12.1.